The normalized spacial score (nSPS) is 12.1. The molecule has 1 unspecified atom stereocenters. The van der Waals surface area contributed by atoms with E-state index in [1.54, 1.807) is 0 Å². The molecular weight excluding hydrogens is 336 g/mol. The van der Waals surface area contributed by atoms with Crippen molar-refractivity contribution in [2.24, 2.45) is 0 Å². The Morgan fingerprint density at radius 1 is 0.889 bits per heavy atom. The van der Waals surface area contributed by atoms with Gasteiger partial charge in [-0.25, -0.2) is 0 Å². The highest BCUT2D eigenvalue weighted by molar-refractivity contribution is 5.68. The zero-order valence-electron chi connectivity index (χ0n) is 17.5. The van der Waals surface area contributed by atoms with Gasteiger partial charge in [0.2, 0.25) is 0 Å². The van der Waals surface area contributed by atoms with Gasteiger partial charge in [0.25, 0.3) is 0 Å². The number of hydrogen-bond donors (Lipinski definition) is 1. The second kappa shape index (κ2) is 15.7. The number of rotatable bonds is 16. The number of aliphatic hydroxyl groups excluding tert-OH is 1. The minimum Gasteiger partial charge on any atom is -0.469 e. The van der Waals surface area contributed by atoms with Crippen molar-refractivity contribution in [2.75, 3.05) is 7.11 Å². The van der Waals surface area contributed by atoms with Gasteiger partial charge in [-0.05, 0) is 36.8 Å². The molecule has 0 heterocycles. The fraction of sp³-hybridized carbons (Fsp3) is 0.708. The third-order valence-electron chi connectivity index (χ3n) is 5.27. The van der Waals surface area contributed by atoms with Crippen molar-refractivity contribution in [3.8, 4) is 0 Å². The first-order valence-corrected chi connectivity index (χ1v) is 11.0. The largest absolute Gasteiger partial charge is 0.469 e. The summed E-state index contributed by atoms with van der Waals surface area (Å²) in [5.41, 5.74) is 2.43. The predicted octanol–water partition coefficient (Wildman–Crippen LogP) is 6.53. The smallest absolute Gasteiger partial charge is 0.305 e. The minimum atomic E-state index is -0.345. The molecule has 3 nitrogen and oxygen atoms in total. The maximum Gasteiger partial charge on any atom is 0.305 e. The molecule has 0 aromatic heterocycles. The minimum absolute atomic E-state index is 0.111. The molecule has 0 radical (unpaired) electrons. The average Bonchev–Trinajstić information content (AvgIpc) is 2.69. The van der Waals surface area contributed by atoms with E-state index in [2.05, 4.69) is 35.9 Å². The van der Waals surface area contributed by atoms with Crippen LogP contribution in [0.25, 0.3) is 0 Å². The maximum absolute atomic E-state index is 11.0. The molecule has 0 aliphatic rings. The zero-order chi connectivity index (χ0) is 19.7. The fourth-order valence-corrected chi connectivity index (χ4v) is 3.42. The Balaban J connectivity index is 2.09. The van der Waals surface area contributed by atoms with Gasteiger partial charge in [-0.1, -0.05) is 89.0 Å². The molecule has 1 atom stereocenters. The van der Waals surface area contributed by atoms with E-state index in [4.69, 9.17) is 0 Å². The molecule has 0 saturated heterocycles. The molecule has 1 aromatic carbocycles. The second-order valence-electron chi connectivity index (χ2n) is 7.66. The van der Waals surface area contributed by atoms with Crippen molar-refractivity contribution >= 4 is 5.97 Å². The van der Waals surface area contributed by atoms with Crippen molar-refractivity contribution in [3.05, 3.63) is 35.4 Å². The van der Waals surface area contributed by atoms with Gasteiger partial charge in [0, 0.05) is 6.42 Å². The Kier molecular flexibility index (Phi) is 13.8. The van der Waals surface area contributed by atoms with E-state index in [9.17, 15) is 9.90 Å². The Labute approximate surface area is 166 Å². The van der Waals surface area contributed by atoms with Crippen molar-refractivity contribution in [2.45, 2.75) is 103 Å². The molecule has 0 aliphatic carbocycles. The lowest BCUT2D eigenvalue weighted by Gasteiger charge is -2.12. The van der Waals surface area contributed by atoms with Gasteiger partial charge >= 0.3 is 5.97 Å². The SMILES string of the molecule is CCCCCCCc1ccc(C(O)CCCCCCCCC(=O)OC)cc1. The van der Waals surface area contributed by atoms with Gasteiger partial charge < -0.3 is 9.84 Å². The van der Waals surface area contributed by atoms with Gasteiger partial charge in [-0.15, -0.1) is 0 Å². The van der Waals surface area contributed by atoms with Gasteiger partial charge in [0.15, 0.2) is 0 Å². The Morgan fingerprint density at radius 2 is 1.48 bits per heavy atom. The molecule has 0 spiro atoms. The van der Waals surface area contributed by atoms with Crippen LogP contribution < -0.4 is 0 Å². The summed E-state index contributed by atoms with van der Waals surface area (Å²) in [6.07, 6.45) is 15.3. The molecule has 0 bridgehead atoms. The van der Waals surface area contributed by atoms with Crippen LogP contribution in [-0.2, 0) is 16.0 Å². The highest BCUT2D eigenvalue weighted by Crippen LogP contribution is 2.21. The molecule has 27 heavy (non-hydrogen) atoms. The quantitative estimate of drug-likeness (QED) is 0.264. The van der Waals surface area contributed by atoms with Crippen molar-refractivity contribution in [1.82, 2.24) is 0 Å². The molecule has 1 N–H and O–H groups in total. The summed E-state index contributed by atoms with van der Waals surface area (Å²) >= 11 is 0. The highest BCUT2D eigenvalue weighted by Gasteiger charge is 2.07. The number of unbranched alkanes of at least 4 members (excludes halogenated alkanes) is 9. The van der Waals surface area contributed by atoms with E-state index in [0.717, 1.165) is 50.5 Å². The first kappa shape index (κ1) is 23.7. The van der Waals surface area contributed by atoms with Crippen molar-refractivity contribution in [1.29, 1.82) is 0 Å². The third-order valence-corrected chi connectivity index (χ3v) is 5.27. The topological polar surface area (TPSA) is 46.5 Å². The molecule has 3 heteroatoms. The van der Waals surface area contributed by atoms with Crippen LogP contribution in [0.5, 0.6) is 0 Å². The molecule has 154 valence electrons. The van der Waals surface area contributed by atoms with E-state index in [1.807, 2.05) is 0 Å². The van der Waals surface area contributed by atoms with Gasteiger partial charge in [-0.2, -0.15) is 0 Å². The van der Waals surface area contributed by atoms with E-state index in [1.165, 1.54) is 51.2 Å². The summed E-state index contributed by atoms with van der Waals surface area (Å²) in [5, 5.41) is 10.4. The van der Waals surface area contributed by atoms with Crippen LogP contribution in [0.2, 0.25) is 0 Å². The summed E-state index contributed by atoms with van der Waals surface area (Å²) in [6, 6.07) is 8.55. The predicted molar refractivity (Wildman–Crippen MR) is 113 cm³/mol. The number of carbonyl (C=O) groups excluding carboxylic acids is 1. The number of carbonyl (C=O) groups is 1. The Bertz CT molecular complexity index is 481. The lowest BCUT2D eigenvalue weighted by molar-refractivity contribution is -0.140. The van der Waals surface area contributed by atoms with Crippen LogP contribution in [0, 0.1) is 0 Å². The number of benzene rings is 1. The van der Waals surface area contributed by atoms with E-state index in [0.29, 0.717) is 6.42 Å². The van der Waals surface area contributed by atoms with Crippen LogP contribution in [0.4, 0.5) is 0 Å². The average molecular weight is 377 g/mol. The summed E-state index contributed by atoms with van der Waals surface area (Å²) in [5.74, 6) is -0.111. The highest BCUT2D eigenvalue weighted by atomic mass is 16.5. The van der Waals surface area contributed by atoms with Crippen LogP contribution >= 0.6 is 0 Å². The second-order valence-corrected chi connectivity index (χ2v) is 7.66. The molecule has 0 amide bonds. The fourth-order valence-electron chi connectivity index (χ4n) is 3.42. The summed E-state index contributed by atoms with van der Waals surface area (Å²) in [6.45, 7) is 2.25. The van der Waals surface area contributed by atoms with Gasteiger partial charge in [0.1, 0.15) is 0 Å². The van der Waals surface area contributed by atoms with Crippen LogP contribution in [0.15, 0.2) is 24.3 Å². The van der Waals surface area contributed by atoms with E-state index < -0.39 is 0 Å². The molecule has 0 aliphatic heterocycles. The molecule has 0 saturated carbocycles. The zero-order valence-corrected chi connectivity index (χ0v) is 17.5. The van der Waals surface area contributed by atoms with Crippen LogP contribution in [0.3, 0.4) is 0 Å². The number of aryl methyl sites for hydroxylation is 1. The monoisotopic (exact) mass is 376 g/mol. The standard InChI is InChI=1S/C24H40O3/c1-3-4-5-8-11-14-21-17-19-22(20-18-21)23(25)15-12-9-6-7-10-13-16-24(26)27-2/h17-20,23,25H,3-16H2,1-2H3. The van der Waals surface area contributed by atoms with Crippen molar-refractivity contribution in [3.63, 3.8) is 0 Å². The number of esters is 1. The van der Waals surface area contributed by atoms with Crippen LogP contribution in [-0.4, -0.2) is 18.2 Å². The number of hydrogen-bond acceptors (Lipinski definition) is 3. The molecule has 0 fully saturated rings. The Hall–Kier alpha value is -1.35. The summed E-state index contributed by atoms with van der Waals surface area (Å²) in [7, 11) is 1.44. The lowest BCUT2D eigenvalue weighted by atomic mass is 9.99. The molecular formula is C24H40O3. The van der Waals surface area contributed by atoms with Crippen molar-refractivity contribution < 1.29 is 14.6 Å². The first-order chi connectivity index (χ1) is 13.2. The molecule has 1 aromatic rings. The Morgan fingerprint density at radius 3 is 2.15 bits per heavy atom. The molecule has 1 rings (SSSR count). The maximum atomic E-state index is 11.0. The summed E-state index contributed by atoms with van der Waals surface area (Å²) < 4.78 is 4.64. The summed E-state index contributed by atoms with van der Waals surface area (Å²) in [4.78, 5) is 11.0. The van der Waals surface area contributed by atoms with E-state index >= 15 is 0 Å². The number of methoxy groups -OCH3 is 1. The van der Waals surface area contributed by atoms with Gasteiger partial charge in [-0.3, -0.25) is 4.79 Å². The van der Waals surface area contributed by atoms with E-state index in [-0.39, 0.29) is 12.1 Å². The van der Waals surface area contributed by atoms with Crippen LogP contribution in [0.1, 0.15) is 108 Å². The lowest BCUT2D eigenvalue weighted by Crippen LogP contribution is -1.99. The van der Waals surface area contributed by atoms with Gasteiger partial charge in [0.05, 0.1) is 13.2 Å². The third kappa shape index (κ3) is 11.9. The number of aliphatic hydroxyl groups is 1. The first-order valence-electron chi connectivity index (χ1n) is 11.0. The number of ether oxygens (including phenoxy) is 1.